The van der Waals surface area contributed by atoms with Gasteiger partial charge in [-0.05, 0) is 62.4 Å². The smallest absolute Gasteiger partial charge is 0.241 e. The molecule has 2 aromatic rings. The molecule has 0 aliphatic heterocycles. The fraction of sp³-hybridized carbons (Fsp3) is 0.318. The molecule has 152 valence electrons. The van der Waals surface area contributed by atoms with E-state index in [1.807, 2.05) is 32.0 Å². The molecule has 0 saturated carbocycles. The molecular formula is C22H25ClN4O2. The van der Waals surface area contributed by atoms with E-state index < -0.39 is 0 Å². The SMILES string of the molecule is Cc1cc(C)cc(N(CCC#N)C(=O)CN(C)CC(=O)Nc2cccc(Cl)c2)c1. The molecule has 1 N–H and O–H groups in total. The third-order valence-corrected chi connectivity index (χ3v) is 4.43. The molecule has 0 radical (unpaired) electrons. The van der Waals surface area contributed by atoms with Gasteiger partial charge in [-0.25, -0.2) is 0 Å². The van der Waals surface area contributed by atoms with E-state index >= 15 is 0 Å². The van der Waals surface area contributed by atoms with E-state index in [-0.39, 0.29) is 31.3 Å². The molecule has 0 heterocycles. The van der Waals surface area contributed by atoms with E-state index in [1.54, 1.807) is 41.1 Å². The van der Waals surface area contributed by atoms with E-state index in [2.05, 4.69) is 11.4 Å². The minimum atomic E-state index is -0.238. The van der Waals surface area contributed by atoms with Gasteiger partial charge in [0.05, 0.1) is 25.6 Å². The molecule has 0 fully saturated rings. The molecule has 7 heteroatoms. The third kappa shape index (κ3) is 7.22. The lowest BCUT2D eigenvalue weighted by Crippen LogP contribution is -2.42. The highest BCUT2D eigenvalue weighted by Crippen LogP contribution is 2.20. The summed E-state index contributed by atoms with van der Waals surface area (Å²) >= 11 is 5.92. The molecule has 0 aromatic heterocycles. The second-order valence-corrected chi connectivity index (χ2v) is 7.47. The number of nitriles is 1. The topological polar surface area (TPSA) is 76.4 Å². The summed E-state index contributed by atoms with van der Waals surface area (Å²) in [5.41, 5.74) is 3.46. The number of anilines is 2. The number of halogens is 1. The van der Waals surface area contributed by atoms with Crippen LogP contribution in [0.15, 0.2) is 42.5 Å². The number of rotatable bonds is 8. The van der Waals surface area contributed by atoms with Crippen LogP contribution in [0.1, 0.15) is 17.5 Å². The quantitative estimate of drug-likeness (QED) is 0.715. The second-order valence-electron chi connectivity index (χ2n) is 7.03. The first kappa shape index (κ1) is 22.4. The zero-order chi connectivity index (χ0) is 21.4. The van der Waals surface area contributed by atoms with Gasteiger partial charge in [0.2, 0.25) is 11.8 Å². The summed E-state index contributed by atoms with van der Waals surface area (Å²) in [4.78, 5) is 28.4. The number of nitrogens with zero attached hydrogens (tertiary/aromatic N) is 3. The number of benzene rings is 2. The van der Waals surface area contributed by atoms with Gasteiger partial charge in [0, 0.05) is 22.9 Å². The number of nitrogens with one attached hydrogen (secondary N) is 1. The highest BCUT2D eigenvalue weighted by molar-refractivity contribution is 6.30. The van der Waals surface area contributed by atoms with E-state index in [9.17, 15) is 9.59 Å². The Balaban J connectivity index is 2.02. The lowest BCUT2D eigenvalue weighted by Gasteiger charge is -2.25. The van der Waals surface area contributed by atoms with E-state index in [0.29, 0.717) is 17.3 Å². The average molecular weight is 413 g/mol. The first-order valence-corrected chi connectivity index (χ1v) is 9.66. The number of hydrogen-bond acceptors (Lipinski definition) is 4. The molecule has 2 rings (SSSR count). The van der Waals surface area contributed by atoms with Crippen molar-refractivity contribution in [2.45, 2.75) is 20.3 Å². The van der Waals surface area contributed by atoms with Crippen molar-refractivity contribution >= 4 is 34.8 Å². The van der Waals surface area contributed by atoms with Gasteiger partial charge in [-0.2, -0.15) is 5.26 Å². The Morgan fingerprint density at radius 3 is 2.41 bits per heavy atom. The van der Waals surface area contributed by atoms with Crippen LogP contribution in [-0.4, -0.2) is 43.4 Å². The Morgan fingerprint density at radius 2 is 1.79 bits per heavy atom. The molecular weight excluding hydrogens is 388 g/mol. The summed E-state index contributed by atoms with van der Waals surface area (Å²) in [5.74, 6) is -0.402. The summed E-state index contributed by atoms with van der Waals surface area (Å²) in [7, 11) is 1.71. The molecule has 0 saturated heterocycles. The minimum Gasteiger partial charge on any atom is -0.325 e. The third-order valence-electron chi connectivity index (χ3n) is 4.19. The number of likely N-dealkylation sites (N-methyl/N-ethyl adjacent to an activating group) is 1. The molecule has 0 unspecified atom stereocenters. The number of carbonyl (C=O) groups excluding carboxylic acids is 2. The predicted octanol–water partition coefficient (Wildman–Crippen LogP) is 3.77. The molecule has 0 aliphatic rings. The zero-order valence-electron chi connectivity index (χ0n) is 16.9. The number of aryl methyl sites for hydroxylation is 2. The van der Waals surface area contributed by atoms with Gasteiger partial charge in [-0.3, -0.25) is 14.5 Å². The van der Waals surface area contributed by atoms with Crippen molar-refractivity contribution in [1.29, 1.82) is 5.26 Å². The lowest BCUT2D eigenvalue weighted by molar-refractivity contribution is -0.121. The fourth-order valence-corrected chi connectivity index (χ4v) is 3.24. The minimum absolute atomic E-state index is 0.0528. The molecule has 0 aliphatic carbocycles. The Bertz CT molecular complexity index is 903. The Kier molecular flexibility index (Phi) is 8.20. The first-order valence-electron chi connectivity index (χ1n) is 9.28. The summed E-state index contributed by atoms with van der Waals surface area (Å²) in [5, 5.41) is 12.3. The van der Waals surface area contributed by atoms with Crippen LogP contribution >= 0.6 is 11.6 Å². The van der Waals surface area contributed by atoms with Crippen molar-refractivity contribution in [1.82, 2.24) is 4.90 Å². The molecule has 0 spiro atoms. The maximum absolute atomic E-state index is 12.9. The van der Waals surface area contributed by atoms with E-state index in [4.69, 9.17) is 16.9 Å². The maximum Gasteiger partial charge on any atom is 0.241 e. The van der Waals surface area contributed by atoms with Crippen LogP contribution in [0.5, 0.6) is 0 Å². The number of amides is 2. The lowest BCUT2D eigenvalue weighted by atomic mass is 10.1. The molecule has 0 atom stereocenters. The monoisotopic (exact) mass is 412 g/mol. The normalized spacial score (nSPS) is 10.5. The zero-order valence-corrected chi connectivity index (χ0v) is 17.7. The Labute approximate surface area is 176 Å². The standard InChI is InChI=1S/C22H25ClN4O2/c1-16-10-17(2)12-20(11-16)27(9-5-8-24)22(29)15-26(3)14-21(28)25-19-7-4-6-18(23)13-19/h4,6-7,10-13H,5,9,14-15H2,1-3H3,(H,25,28). The van der Waals surface area contributed by atoms with Gasteiger partial charge in [0.25, 0.3) is 0 Å². The van der Waals surface area contributed by atoms with Crippen LogP contribution in [0.3, 0.4) is 0 Å². The van der Waals surface area contributed by atoms with E-state index in [1.165, 1.54) is 0 Å². The van der Waals surface area contributed by atoms with Crippen LogP contribution in [0.25, 0.3) is 0 Å². The Morgan fingerprint density at radius 1 is 1.10 bits per heavy atom. The summed E-state index contributed by atoms with van der Waals surface area (Å²) in [6.45, 7) is 4.35. The van der Waals surface area contributed by atoms with Gasteiger partial charge >= 0.3 is 0 Å². The second kappa shape index (κ2) is 10.6. The average Bonchev–Trinajstić information content (AvgIpc) is 2.60. The highest BCUT2D eigenvalue weighted by Gasteiger charge is 2.19. The van der Waals surface area contributed by atoms with Crippen LogP contribution in [0.2, 0.25) is 5.02 Å². The maximum atomic E-state index is 12.9. The largest absolute Gasteiger partial charge is 0.325 e. The van der Waals surface area contributed by atoms with Gasteiger partial charge in [0.15, 0.2) is 0 Å². The summed E-state index contributed by atoms with van der Waals surface area (Å²) in [6.07, 6.45) is 0.234. The molecule has 2 amide bonds. The van der Waals surface area contributed by atoms with Crippen molar-refractivity contribution in [2.24, 2.45) is 0 Å². The Hall–Kier alpha value is -2.88. The number of hydrogen-bond donors (Lipinski definition) is 1. The van der Waals surface area contributed by atoms with Crippen LogP contribution in [0, 0.1) is 25.2 Å². The molecule has 0 bridgehead atoms. The molecule has 6 nitrogen and oxygen atoms in total. The van der Waals surface area contributed by atoms with Crippen molar-refractivity contribution in [3.05, 3.63) is 58.6 Å². The van der Waals surface area contributed by atoms with E-state index in [0.717, 1.165) is 16.8 Å². The first-order chi connectivity index (χ1) is 13.8. The van der Waals surface area contributed by atoms with Crippen molar-refractivity contribution in [3.8, 4) is 6.07 Å². The van der Waals surface area contributed by atoms with Crippen LogP contribution < -0.4 is 10.2 Å². The van der Waals surface area contributed by atoms with Crippen LogP contribution in [-0.2, 0) is 9.59 Å². The van der Waals surface area contributed by atoms with Gasteiger partial charge < -0.3 is 10.2 Å². The van der Waals surface area contributed by atoms with Crippen molar-refractivity contribution in [3.63, 3.8) is 0 Å². The van der Waals surface area contributed by atoms with Gasteiger partial charge in [0.1, 0.15) is 0 Å². The fourth-order valence-electron chi connectivity index (χ4n) is 3.05. The number of carbonyl (C=O) groups is 2. The van der Waals surface area contributed by atoms with Crippen molar-refractivity contribution < 1.29 is 9.59 Å². The predicted molar refractivity (Wildman–Crippen MR) is 116 cm³/mol. The molecule has 29 heavy (non-hydrogen) atoms. The summed E-state index contributed by atoms with van der Waals surface area (Å²) < 4.78 is 0. The molecule has 2 aromatic carbocycles. The highest BCUT2D eigenvalue weighted by atomic mass is 35.5. The van der Waals surface area contributed by atoms with Gasteiger partial charge in [-0.1, -0.05) is 23.7 Å². The van der Waals surface area contributed by atoms with Gasteiger partial charge in [-0.15, -0.1) is 0 Å². The summed E-state index contributed by atoms with van der Waals surface area (Å²) in [6, 6.07) is 14.9. The van der Waals surface area contributed by atoms with Crippen molar-refractivity contribution in [2.75, 3.05) is 36.9 Å². The van der Waals surface area contributed by atoms with Crippen LogP contribution in [0.4, 0.5) is 11.4 Å².